The highest BCUT2D eigenvalue weighted by molar-refractivity contribution is 6.39. The van der Waals surface area contributed by atoms with Gasteiger partial charge in [-0.25, -0.2) is 0 Å². The predicted molar refractivity (Wildman–Crippen MR) is 95.3 cm³/mol. The number of rotatable bonds is 5. The van der Waals surface area contributed by atoms with E-state index in [1.54, 1.807) is 25.1 Å². The lowest BCUT2D eigenvalue weighted by molar-refractivity contribution is -0.136. The van der Waals surface area contributed by atoms with E-state index in [9.17, 15) is 14.7 Å². The Morgan fingerprint density at radius 2 is 1.68 bits per heavy atom. The van der Waals surface area contributed by atoms with Gasteiger partial charge < -0.3 is 20.2 Å². The summed E-state index contributed by atoms with van der Waals surface area (Å²) in [6.07, 6.45) is -0.456. The zero-order valence-corrected chi connectivity index (χ0v) is 15.0. The Hall–Kier alpha value is -2.60. The van der Waals surface area contributed by atoms with Crippen molar-refractivity contribution in [1.82, 2.24) is 5.32 Å². The fourth-order valence-electron chi connectivity index (χ4n) is 2.77. The van der Waals surface area contributed by atoms with Gasteiger partial charge in [-0.1, -0.05) is 6.07 Å². The van der Waals surface area contributed by atoms with Crippen LogP contribution >= 0.6 is 0 Å². The molecular weight excluding hydrogens is 320 g/mol. The van der Waals surface area contributed by atoms with Crippen molar-refractivity contribution >= 4 is 17.5 Å². The molecule has 0 spiro atoms. The first-order valence-corrected chi connectivity index (χ1v) is 8.18. The number of hydrogen-bond acceptors (Lipinski definition) is 4. The number of aliphatic hydroxyl groups excluding tert-OH is 1. The lowest BCUT2D eigenvalue weighted by atomic mass is 10.1. The van der Waals surface area contributed by atoms with Crippen molar-refractivity contribution < 1.29 is 19.1 Å². The molecule has 2 amide bonds. The third-order valence-electron chi connectivity index (χ3n) is 3.83. The zero-order chi connectivity index (χ0) is 18.6. The van der Waals surface area contributed by atoms with E-state index in [0.717, 1.165) is 16.9 Å². The molecule has 0 radical (unpaired) electrons. The number of furan rings is 1. The number of carbonyl (C=O) groups is 2. The second-order valence-electron chi connectivity index (χ2n) is 6.26. The maximum Gasteiger partial charge on any atom is 0.313 e. The predicted octanol–water partition coefficient (Wildman–Crippen LogP) is 2.69. The van der Waals surface area contributed by atoms with E-state index in [-0.39, 0.29) is 6.54 Å². The summed E-state index contributed by atoms with van der Waals surface area (Å²) in [5, 5.41) is 15.2. The highest BCUT2D eigenvalue weighted by Gasteiger charge is 2.17. The van der Waals surface area contributed by atoms with Crippen LogP contribution in [0.3, 0.4) is 0 Å². The third kappa shape index (κ3) is 5.19. The quantitative estimate of drug-likeness (QED) is 0.727. The van der Waals surface area contributed by atoms with Crippen LogP contribution in [0.25, 0.3) is 0 Å². The number of benzene rings is 1. The molecule has 3 N–H and O–H groups in total. The molecule has 0 saturated carbocycles. The molecule has 134 valence electrons. The molecule has 6 heteroatoms. The summed E-state index contributed by atoms with van der Waals surface area (Å²) in [6.45, 7) is 7.61. The van der Waals surface area contributed by atoms with Gasteiger partial charge in [0.05, 0.1) is 6.10 Å². The summed E-state index contributed by atoms with van der Waals surface area (Å²) in [6, 6.07) is 7.35. The summed E-state index contributed by atoms with van der Waals surface area (Å²) < 4.78 is 5.38. The van der Waals surface area contributed by atoms with Crippen molar-refractivity contribution in [3.8, 4) is 0 Å². The van der Waals surface area contributed by atoms with Crippen molar-refractivity contribution in [3.63, 3.8) is 0 Å². The molecule has 1 heterocycles. The summed E-state index contributed by atoms with van der Waals surface area (Å²) in [4.78, 5) is 23.8. The smallest absolute Gasteiger partial charge is 0.313 e. The van der Waals surface area contributed by atoms with Gasteiger partial charge in [0, 0.05) is 17.8 Å². The minimum absolute atomic E-state index is 0.184. The number of aliphatic hydroxyl groups is 1. The van der Waals surface area contributed by atoms with Gasteiger partial charge in [0.25, 0.3) is 0 Å². The van der Waals surface area contributed by atoms with Crippen LogP contribution < -0.4 is 10.6 Å². The van der Waals surface area contributed by atoms with Crippen LogP contribution in [0.4, 0.5) is 5.69 Å². The molecule has 0 aliphatic heterocycles. The Kier molecular flexibility index (Phi) is 5.98. The molecule has 0 aliphatic carbocycles. The van der Waals surface area contributed by atoms with Crippen LogP contribution in [-0.2, 0) is 9.59 Å². The van der Waals surface area contributed by atoms with E-state index in [1.807, 2.05) is 26.8 Å². The lowest BCUT2D eigenvalue weighted by Crippen LogP contribution is -2.36. The first-order chi connectivity index (χ1) is 11.8. The van der Waals surface area contributed by atoms with Crippen LogP contribution in [-0.4, -0.2) is 23.5 Å². The molecule has 1 aromatic carbocycles. The molecule has 0 saturated heterocycles. The molecule has 0 fully saturated rings. The normalized spacial score (nSPS) is 11.9. The van der Waals surface area contributed by atoms with Gasteiger partial charge in [0.15, 0.2) is 0 Å². The summed E-state index contributed by atoms with van der Waals surface area (Å²) >= 11 is 0. The van der Waals surface area contributed by atoms with Crippen LogP contribution in [0.15, 0.2) is 28.7 Å². The summed E-state index contributed by atoms with van der Waals surface area (Å²) in [7, 11) is 0. The van der Waals surface area contributed by atoms with E-state index in [4.69, 9.17) is 4.42 Å². The Labute approximate surface area is 147 Å². The van der Waals surface area contributed by atoms with Gasteiger partial charge in [0.2, 0.25) is 0 Å². The van der Waals surface area contributed by atoms with Crippen molar-refractivity contribution in [2.24, 2.45) is 0 Å². The maximum absolute atomic E-state index is 11.9. The van der Waals surface area contributed by atoms with Crippen molar-refractivity contribution in [2.45, 2.75) is 40.2 Å². The third-order valence-corrected chi connectivity index (χ3v) is 3.83. The average Bonchev–Trinajstić information content (AvgIpc) is 2.84. The topological polar surface area (TPSA) is 91.6 Å². The van der Waals surface area contributed by atoms with E-state index in [1.165, 1.54) is 0 Å². The van der Waals surface area contributed by atoms with Gasteiger partial charge in [-0.2, -0.15) is 0 Å². The molecule has 2 rings (SSSR count). The molecule has 1 atom stereocenters. The molecule has 1 aromatic heterocycles. The Bertz CT molecular complexity index is 759. The first kappa shape index (κ1) is 18.7. The average molecular weight is 344 g/mol. The highest BCUT2D eigenvalue weighted by atomic mass is 16.3. The Morgan fingerprint density at radius 1 is 1.04 bits per heavy atom. The standard InChI is InChI=1S/C19H24N2O4/c1-11-7-12(2)9-15(8-11)21-19(24)18(23)20-6-5-17(22)16-10-13(3)25-14(16)4/h7-10,17,22H,5-6H2,1-4H3,(H,20,23)(H,21,24). The van der Waals surface area contributed by atoms with E-state index >= 15 is 0 Å². The monoisotopic (exact) mass is 344 g/mol. The van der Waals surface area contributed by atoms with Gasteiger partial charge in [0.1, 0.15) is 11.5 Å². The zero-order valence-electron chi connectivity index (χ0n) is 15.0. The van der Waals surface area contributed by atoms with Crippen LogP contribution in [0.5, 0.6) is 0 Å². The lowest BCUT2D eigenvalue weighted by Gasteiger charge is -2.11. The van der Waals surface area contributed by atoms with Crippen LogP contribution in [0, 0.1) is 27.7 Å². The van der Waals surface area contributed by atoms with Gasteiger partial charge in [-0.15, -0.1) is 0 Å². The Morgan fingerprint density at radius 3 is 2.24 bits per heavy atom. The van der Waals surface area contributed by atoms with E-state index in [2.05, 4.69) is 10.6 Å². The second-order valence-corrected chi connectivity index (χ2v) is 6.26. The van der Waals surface area contributed by atoms with Crippen molar-refractivity contribution in [1.29, 1.82) is 0 Å². The summed E-state index contributed by atoms with van der Waals surface area (Å²) in [5.74, 6) is -0.0754. The number of anilines is 1. The van der Waals surface area contributed by atoms with Gasteiger partial charge in [-0.05, 0) is 63.4 Å². The molecular formula is C19H24N2O4. The molecule has 25 heavy (non-hydrogen) atoms. The fourth-order valence-corrected chi connectivity index (χ4v) is 2.77. The summed E-state index contributed by atoms with van der Waals surface area (Å²) in [5.41, 5.74) is 3.29. The van der Waals surface area contributed by atoms with Gasteiger partial charge in [-0.3, -0.25) is 9.59 Å². The highest BCUT2D eigenvalue weighted by Crippen LogP contribution is 2.23. The first-order valence-electron chi connectivity index (χ1n) is 8.18. The molecule has 0 aliphatic rings. The Balaban J connectivity index is 1.83. The number of carbonyl (C=O) groups excluding carboxylic acids is 2. The largest absolute Gasteiger partial charge is 0.466 e. The van der Waals surface area contributed by atoms with Crippen molar-refractivity contribution in [3.05, 3.63) is 52.5 Å². The van der Waals surface area contributed by atoms with E-state index < -0.39 is 17.9 Å². The number of hydrogen-bond donors (Lipinski definition) is 3. The van der Waals surface area contributed by atoms with E-state index in [0.29, 0.717) is 23.4 Å². The maximum atomic E-state index is 11.9. The molecule has 1 unspecified atom stereocenters. The second kappa shape index (κ2) is 7.98. The van der Waals surface area contributed by atoms with Crippen LogP contribution in [0.2, 0.25) is 0 Å². The number of nitrogens with one attached hydrogen (secondary N) is 2. The minimum atomic E-state index is -0.750. The fraction of sp³-hybridized carbons (Fsp3) is 0.368. The SMILES string of the molecule is Cc1cc(C)cc(NC(=O)C(=O)NCCC(O)c2cc(C)oc2C)c1. The molecule has 0 bridgehead atoms. The number of amides is 2. The van der Waals surface area contributed by atoms with Gasteiger partial charge >= 0.3 is 11.8 Å². The van der Waals surface area contributed by atoms with Crippen LogP contribution in [0.1, 0.15) is 40.7 Å². The molecule has 6 nitrogen and oxygen atoms in total. The molecule has 2 aromatic rings. The minimum Gasteiger partial charge on any atom is -0.466 e. The van der Waals surface area contributed by atoms with Crippen molar-refractivity contribution in [2.75, 3.05) is 11.9 Å². The number of aryl methyl sites for hydroxylation is 4.